The average molecular weight is 180 g/mol. The summed E-state index contributed by atoms with van der Waals surface area (Å²) in [5, 5.41) is 3.45. The van der Waals surface area contributed by atoms with Gasteiger partial charge >= 0.3 is 0 Å². The summed E-state index contributed by atoms with van der Waals surface area (Å²) in [5.74, 6) is 1.91. The van der Waals surface area contributed by atoms with Crippen LogP contribution >= 0.6 is 0 Å². The van der Waals surface area contributed by atoms with Crippen molar-refractivity contribution < 1.29 is 4.42 Å². The number of hydrogen-bond donors (Lipinski definition) is 2. The molecule has 0 saturated heterocycles. The Hall–Kier alpha value is -0.800. The van der Waals surface area contributed by atoms with Gasteiger partial charge in [0.2, 0.25) is 0 Å². The van der Waals surface area contributed by atoms with Crippen LogP contribution in [-0.4, -0.2) is 12.6 Å². The third-order valence-electron chi connectivity index (χ3n) is 2.35. The highest BCUT2D eigenvalue weighted by atomic mass is 16.3. The maximum absolute atomic E-state index is 5.67. The van der Waals surface area contributed by atoms with Crippen LogP contribution in [0.1, 0.15) is 30.4 Å². The van der Waals surface area contributed by atoms with Crippen molar-refractivity contribution in [1.82, 2.24) is 5.32 Å². The van der Waals surface area contributed by atoms with Crippen LogP contribution in [0.2, 0.25) is 0 Å². The summed E-state index contributed by atoms with van der Waals surface area (Å²) in [5.41, 5.74) is 5.67. The van der Waals surface area contributed by atoms with Gasteiger partial charge in [-0.2, -0.15) is 0 Å². The summed E-state index contributed by atoms with van der Waals surface area (Å²) >= 11 is 0. The molecule has 1 aliphatic carbocycles. The molecule has 3 N–H and O–H groups in total. The van der Waals surface area contributed by atoms with Crippen LogP contribution in [0.5, 0.6) is 0 Å². The number of furan rings is 1. The molecule has 1 fully saturated rings. The first-order chi connectivity index (χ1) is 6.29. The largest absolute Gasteiger partial charge is 0.465 e. The van der Waals surface area contributed by atoms with Crippen molar-refractivity contribution in [3.63, 3.8) is 0 Å². The van der Waals surface area contributed by atoms with E-state index < -0.39 is 0 Å². The molecule has 0 spiro atoms. The number of nitrogens with one attached hydrogen (secondary N) is 1. The molecule has 0 radical (unpaired) electrons. The molecule has 3 nitrogen and oxygen atoms in total. The molecule has 0 bridgehead atoms. The fourth-order valence-electron chi connectivity index (χ4n) is 1.44. The van der Waals surface area contributed by atoms with Gasteiger partial charge in [0.15, 0.2) is 0 Å². The molecule has 0 amide bonds. The Kier molecular flexibility index (Phi) is 2.38. The first kappa shape index (κ1) is 8.78. The summed E-state index contributed by atoms with van der Waals surface area (Å²) in [6.45, 7) is 2.55. The first-order valence-corrected chi connectivity index (χ1v) is 4.82. The molecule has 0 aromatic carbocycles. The molecule has 0 aliphatic heterocycles. The van der Waals surface area contributed by atoms with Crippen molar-refractivity contribution in [1.29, 1.82) is 0 Å². The van der Waals surface area contributed by atoms with E-state index in [-0.39, 0.29) is 6.04 Å². The van der Waals surface area contributed by atoms with Gasteiger partial charge in [-0.05, 0) is 31.9 Å². The maximum atomic E-state index is 5.67. The summed E-state index contributed by atoms with van der Waals surface area (Å²) in [7, 11) is 0. The van der Waals surface area contributed by atoms with Crippen LogP contribution in [0.4, 0.5) is 0 Å². The minimum Gasteiger partial charge on any atom is -0.465 e. The molecule has 72 valence electrons. The predicted octanol–water partition coefficient (Wildman–Crippen LogP) is 1.34. The zero-order chi connectivity index (χ0) is 9.26. The lowest BCUT2D eigenvalue weighted by Gasteiger charge is -2.13. The molecule has 1 atom stereocenters. The van der Waals surface area contributed by atoms with E-state index in [9.17, 15) is 0 Å². The number of hydrogen-bond acceptors (Lipinski definition) is 3. The predicted molar refractivity (Wildman–Crippen MR) is 51.4 cm³/mol. The van der Waals surface area contributed by atoms with E-state index in [0.29, 0.717) is 12.6 Å². The van der Waals surface area contributed by atoms with E-state index in [1.807, 2.05) is 19.1 Å². The summed E-state index contributed by atoms with van der Waals surface area (Å²) < 4.78 is 5.52. The third kappa shape index (κ3) is 2.11. The lowest BCUT2D eigenvalue weighted by molar-refractivity contribution is 0.402. The first-order valence-electron chi connectivity index (χ1n) is 4.82. The molecule has 1 aromatic rings. The Morgan fingerprint density at radius 1 is 1.62 bits per heavy atom. The lowest BCUT2D eigenvalue weighted by atomic mass is 10.2. The van der Waals surface area contributed by atoms with Crippen LogP contribution in [0.15, 0.2) is 16.5 Å². The molecular formula is C10H16N2O. The van der Waals surface area contributed by atoms with E-state index >= 15 is 0 Å². The van der Waals surface area contributed by atoms with Crippen LogP contribution in [0.25, 0.3) is 0 Å². The fraction of sp³-hybridized carbons (Fsp3) is 0.600. The molecular weight excluding hydrogens is 164 g/mol. The number of rotatable bonds is 4. The topological polar surface area (TPSA) is 51.2 Å². The average Bonchev–Trinajstić information content (AvgIpc) is 2.84. The van der Waals surface area contributed by atoms with Crippen LogP contribution in [0, 0.1) is 6.92 Å². The number of aryl methyl sites for hydroxylation is 1. The van der Waals surface area contributed by atoms with Gasteiger partial charge in [-0.15, -0.1) is 0 Å². The van der Waals surface area contributed by atoms with Gasteiger partial charge in [0.1, 0.15) is 11.5 Å². The Labute approximate surface area is 78.3 Å². The van der Waals surface area contributed by atoms with Crippen molar-refractivity contribution in [3.8, 4) is 0 Å². The molecule has 3 heteroatoms. The van der Waals surface area contributed by atoms with E-state index in [1.54, 1.807) is 0 Å². The minimum absolute atomic E-state index is 0.196. The monoisotopic (exact) mass is 180 g/mol. The van der Waals surface area contributed by atoms with Gasteiger partial charge in [0.05, 0.1) is 6.04 Å². The van der Waals surface area contributed by atoms with Crippen molar-refractivity contribution in [2.45, 2.75) is 31.8 Å². The van der Waals surface area contributed by atoms with Crippen molar-refractivity contribution >= 4 is 0 Å². The quantitative estimate of drug-likeness (QED) is 0.735. The standard InChI is InChI=1S/C10H16N2O/c1-7-2-5-10(13-7)9(6-11)12-8-3-4-8/h2,5,8-9,12H,3-4,6,11H2,1H3. The SMILES string of the molecule is Cc1ccc(C(CN)NC2CC2)o1. The zero-order valence-electron chi connectivity index (χ0n) is 7.92. The molecule has 1 unspecified atom stereocenters. The third-order valence-corrected chi connectivity index (χ3v) is 2.35. The second-order valence-electron chi connectivity index (χ2n) is 3.68. The molecule has 1 aliphatic rings. The normalized spacial score (nSPS) is 18.9. The van der Waals surface area contributed by atoms with Gasteiger partial charge in [-0.1, -0.05) is 0 Å². The van der Waals surface area contributed by atoms with Gasteiger partial charge in [-0.3, -0.25) is 0 Å². The highest BCUT2D eigenvalue weighted by Gasteiger charge is 2.25. The smallest absolute Gasteiger partial charge is 0.122 e. The molecule has 1 aromatic heterocycles. The summed E-state index contributed by atoms with van der Waals surface area (Å²) in [4.78, 5) is 0. The Morgan fingerprint density at radius 3 is 2.85 bits per heavy atom. The molecule has 2 rings (SSSR count). The second kappa shape index (κ2) is 3.52. The molecule has 1 heterocycles. The number of nitrogens with two attached hydrogens (primary N) is 1. The van der Waals surface area contributed by atoms with Crippen LogP contribution in [0.3, 0.4) is 0 Å². The summed E-state index contributed by atoms with van der Waals surface area (Å²) in [6.07, 6.45) is 2.55. The van der Waals surface area contributed by atoms with Crippen molar-refractivity contribution in [2.75, 3.05) is 6.54 Å². The summed E-state index contributed by atoms with van der Waals surface area (Å²) in [6, 6.07) is 4.84. The Balaban J connectivity index is 2.01. The van der Waals surface area contributed by atoms with Crippen molar-refractivity contribution in [2.24, 2.45) is 5.73 Å². The van der Waals surface area contributed by atoms with Gasteiger partial charge in [0, 0.05) is 12.6 Å². The zero-order valence-corrected chi connectivity index (χ0v) is 7.92. The van der Waals surface area contributed by atoms with Crippen LogP contribution < -0.4 is 11.1 Å². The van der Waals surface area contributed by atoms with E-state index in [1.165, 1.54) is 12.8 Å². The minimum atomic E-state index is 0.196. The highest BCUT2D eigenvalue weighted by Crippen LogP contribution is 2.24. The molecule has 13 heavy (non-hydrogen) atoms. The van der Waals surface area contributed by atoms with Crippen molar-refractivity contribution in [3.05, 3.63) is 23.7 Å². The van der Waals surface area contributed by atoms with Crippen LogP contribution in [-0.2, 0) is 0 Å². The van der Waals surface area contributed by atoms with Gasteiger partial charge in [0.25, 0.3) is 0 Å². The fourth-order valence-corrected chi connectivity index (χ4v) is 1.44. The van der Waals surface area contributed by atoms with Gasteiger partial charge < -0.3 is 15.5 Å². The lowest BCUT2D eigenvalue weighted by Crippen LogP contribution is -2.29. The highest BCUT2D eigenvalue weighted by molar-refractivity contribution is 5.10. The second-order valence-corrected chi connectivity index (χ2v) is 3.68. The maximum Gasteiger partial charge on any atom is 0.122 e. The Morgan fingerprint density at radius 2 is 2.38 bits per heavy atom. The van der Waals surface area contributed by atoms with E-state index in [4.69, 9.17) is 10.2 Å². The van der Waals surface area contributed by atoms with E-state index in [0.717, 1.165) is 11.5 Å². The van der Waals surface area contributed by atoms with Gasteiger partial charge in [-0.25, -0.2) is 0 Å². The van der Waals surface area contributed by atoms with E-state index in [2.05, 4.69) is 5.32 Å². The Bertz CT molecular complexity index is 278. The molecule has 1 saturated carbocycles.